The molecule has 2 aromatic rings. The molecule has 0 radical (unpaired) electrons. The van der Waals surface area contributed by atoms with Crippen LogP contribution in [0.5, 0.6) is 0 Å². The van der Waals surface area contributed by atoms with Crippen molar-refractivity contribution in [2.75, 3.05) is 11.9 Å². The maximum Gasteiger partial charge on any atom is 0.290 e. The molecule has 1 unspecified atom stereocenters. The van der Waals surface area contributed by atoms with Crippen LogP contribution >= 0.6 is 15.9 Å². The van der Waals surface area contributed by atoms with Gasteiger partial charge in [-0.3, -0.25) is 4.79 Å². The SMILES string of the molecule is O=c1cc(NC(C2CC2)C(F)(F)CO)c2cc(Br)c(F)cc2n1C1CC1. The van der Waals surface area contributed by atoms with Crippen molar-refractivity contribution in [3.63, 3.8) is 0 Å². The lowest BCUT2D eigenvalue weighted by molar-refractivity contribution is -0.0694. The van der Waals surface area contributed by atoms with Crippen molar-refractivity contribution < 1.29 is 18.3 Å². The molecule has 0 spiro atoms. The van der Waals surface area contributed by atoms with Gasteiger partial charge in [-0.15, -0.1) is 0 Å². The van der Waals surface area contributed by atoms with E-state index in [9.17, 15) is 18.0 Å². The Kier molecular flexibility index (Phi) is 4.30. The van der Waals surface area contributed by atoms with Crippen molar-refractivity contribution in [2.24, 2.45) is 5.92 Å². The molecular formula is C18H18BrF3N2O2. The zero-order valence-electron chi connectivity index (χ0n) is 13.8. The van der Waals surface area contributed by atoms with Crippen LogP contribution in [0.15, 0.2) is 27.5 Å². The van der Waals surface area contributed by atoms with E-state index in [-0.39, 0.29) is 27.7 Å². The number of aliphatic hydroxyl groups excluding tert-OH is 1. The van der Waals surface area contributed by atoms with Crippen LogP contribution in [0.3, 0.4) is 0 Å². The number of anilines is 1. The Hall–Kier alpha value is -1.54. The summed E-state index contributed by atoms with van der Waals surface area (Å²) in [5.41, 5.74) is 0.295. The van der Waals surface area contributed by atoms with Gasteiger partial charge in [-0.1, -0.05) is 0 Å². The quantitative estimate of drug-likeness (QED) is 0.726. The minimum absolute atomic E-state index is 0.0257. The number of hydrogen-bond donors (Lipinski definition) is 2. The third-order valence-corrected chi connectivity index (χ3v) is 5.68. The first-order valence-corrected chi connectivity index (χ1v) is 9.40. The summed E-state index contributed by atoms with van der Waals surface area (Å²) in [6, 6.07) is 2.83. The minimum atomic E-state index is -3.31. The van der Waals surface area contributed by atoms with E-state index < -0.39 is 24.4 Å². The lowest BCUT2D eigenvalue weighted by atomic mass is 10.0. The van der Waals surface area contributed by atoms with Gasteiger partial charge in [-0.2, -0.15) is 0 Å². The molecule has 1 heterocycles. The number of fused-ring (bicyclic) bond motifs is 1. The number of pyridine rings is 1. The smallest absolute Gasteiger partial charge is 0.290 e. The van der Waals surface area contributed by atoms with Gasteiger partial charge in [0.1, 0.15) is 12.4 Å². The number of rotatable bonds is 6. The summed E-state index contributed by atoms with van der Waals surface area (Å²) in [5, 5.41) is 12.4. The Morgan fingerprint density at radius 1 is 1.27 bits per heavy atom. The number of alkyl halides is 2. The molecule has 1 aromatic heterocycles. The molecule has 2 N–H and O–H groups in total. The van der Waals surface area contributed by atoms with Crippen LogP contribution in [0.4, 0.5) is 18.9 Å². The highest BCUT2D eigenvalue weighted by Gasteiger charge is 2.48. The first-order valence-electron chi connectivity index (χ1n) is 8.61. The number of aromatic nitrogens is 1. The van der Waals surface area contributed by atoms with Crippen LogP contribution in [0.1, 0.15) is 31.7 Å². The molecule has 2 fully saturated rings. The standard InChI is InChI=1S/C18H18BrF3N2O2/c19-12-5-11-14(23-17(9-1-2-9)18(21,22)8-25)7-16(26)24(10-3-4-10)15(11)6-13(12)20/h5-7,9-10,17,23,25H,1-4,8H2. The first-order chi connectivity index (χ1) is 12.3. The summed E-state index contributed by atoms with van der Waals surface area (Å²) in [5.74, 6) is -4.08. The molecule has 1 atom stereocenters. The van der Waals surface area contributed by atoms with Gasteiger partial charge in [0.2, 0.25) is 0 Å². The van der Waals surface area contributed by atoms with Crippen molar-refractivity contribution in [3.05, 3.63) is 38.8 Å². The highest BCUT2D eigenvalue weighted by Crippen LogP contribution is 2.43. The molecule has 0 bridgehead atoms. The number of halogens is 4. The van der Waals surface area contributed by atoms with Crippen LogP contribution in [0, 0.1) is 11.7 Å². The second-order valence-electron chi connectivity index (χ2n) is 7.16. The van der Waals surface area contributed by atoms with Crippen molar-refractivity contribution in [2.45, 2.75) is 43.7 Å². The third kappa shape index (κ3) is 3.13. The van der Waals surface area contributed by atoms with Gasteiger partial charge in [0, 0.05) is 23.2 Å². The van der Waals surface area contributed by atoms with Gasteiger partial charge in [0.15, 0.2) is 0 Å². The number of aliphatic hydroxyl groups is 1. The fourth-order valence-electron chi connectivity index (χ4n) is 3.43. The van der Waals surface area contributed by atoms with Crippen molar-refractivity contribution in [1.82, 2.24) is 4.57 Å². The van der Waals surface area contributed by atoms with E-state index >= 15 is 0 Å². The molecule has 140 valence electrons. The number of nitrogens with zero attached hydrogens (tertiary/aromatic N) is 1. The molecule has 4 nitrogen and oxygen atoms in total. The average molecular weight is 431 g/mol. The van der Waals surface area contributed by atoms with Crippen LogP contribution in [0.2, 0.25) is 0 Å². The largest absolute Gasteiger partial charge is 0.390 e. The Balaban J connectivity index is 1.86. The lowest BCUT2D eigenvalue weighted by Gasteiger charge is -2.28. The van der Waals surface area contributed by atoms with Crippen molar-refractivity contribution >= 4 is 32.5 Å². The number of benzene rings is 1. The topological polar surface area (TPSA) is 54.3 Å². The Morgan fingerprint density at radius 3 is 2.54 bits per heavy atom. The van der Waals surface area contributed by atoms with Gasteiger partial charge < -0.3 is 15.0 Å². The van der Waals surface area contributed by atoms with Crippen LogP contribution in [0.25, 0.3) is 10.9 Å². The van der Waals surface area contributed by atoms with E-state index in [1.807, 2.05) is 0 Å². The Morgan fingerprint density at radius 2 is 1.96 bits per heavy atom. The average Bonchev–Trinajstić information content (AvgIpc) is 3.47. The predicted molar refractivity (Wildman–Crippen MR) is 96.3 cm³/mol. The summed E-state index contributed by atoms with van der Waals surface area (Å²) in [6.07, 6.45) is 2.96. The Bertz CT molecular complexity index is 923. The molecule has 1 aromatic carbocycles. The van der Waals surface area contributed by atoms with Crippen LogP contribution < -0.4 is 10.9 Å². The molecule has 2 saturated carbocycles. The van der Waals surface area contributed by atoms with Gasteiger partial charge in [0.25, 0.3) is 11.5 Å². The fraction of sp³-hybridized carbons (Fsp3) is 0.500. The van der Waals surface area contributed by atoms with E-state index in [2.05, 4.69) is 21.2 Å². The molecule has 2 aliphatic rings. The van der Waals surface area contributed by atoms with Crippen LogP contribution in [-0.4, -0.2) is 28.2 Å². The monoisotopic (exact) mass is 430 g/mol. The van der Waals surface area contributed by atoms with E-state index in [4.69, 9.17) is 5.11 Å². The van der Waals surface area contributed by atoms with Crippen molar-refractivity contribution in [3.8, 4) is 0 Å². The first kappa shape index (κ1) is 17.9. The zero-order chi connectivity index (χ0) is 18.6. The van der Waals surface area contributed by atoms with E-state index in [0.717, 1.165) is 12.8 Å². The summed E-state index contributed by atoms with van der Waals surface area (Å²) < 4.78 is 44.2. The van der Waals surface area contributed by atoms with Gasteiger partial charge >= 0.3 is 0 Å². The van der Waals surface area contributed by atoms with E-state index in [1.54, 1.807) is 0 Å². The third-order valence-electron chi connectivity index (χ3n) is 5.08. The normalized spacial score (nSPS) is 19.0. The second-order valence-corrected chi connectivity index (χ2v) is 8.01. The summed E-state index contributed by atoms with van der Waals surface area (Å²) in [7, 11) is 0. The molecule has 8 heteroatoms. The molecule has 4 rings (SSSR count). The van der Waals surface area contributed by atoms with Gasteiger partial charge in [-0.05, 0) is 59.7 Å². The van der Waals surface area contributed by atoms with Gasteiger partial charge in [0.05, 0.1) is 16.0 Å². The maximum atomic E-state index is 14.2. The highest BCUT2D eigenvalue weighted by molar-refractivity contribution is 9.10. The molecule has 26 heavy (non-hydrogen) atoms. The van der Waals surface area contributed by atoms with Crippen LogP contribution in [-0.2, 0) is 0 Å². The number of nitrogens with one attached hydrogen (secondary N) is 1. The minimum Gasteiger partial charge on any atom is -0.390 e. The highest BCUT2D eigenvalue weighted by atomic mass is 79.9. The summed E-state index contributed by atoms with van der Waals surface area (Å²) >= 11 is 3.13. The van der Waals surface area contributed by atoms with Gasteiger partial charge in [-0.25, -0.2) is 13.2 Å². The Labute approximate surface area is 156 Å². The molecule has 0 amide bonds. The van der Waals surface area contributed by atoms with E-state index in [1.165, 1.54) is 22.8 Å². The molecule has 0 saturated heterocycles. The summed E-state index contributed by atoms with van der Waals surface area (Å²) in [4.78, 5) is 12.6. The second kappa shape index (κ2) is 6.27. The molecule has 0 aliphatic heterocycles. The number of hydrogen-bond acceptors (Lipinski definition) is 3. The molecular weight excluding hydrogens is 413 g/mol. The van der Waals surface area contributed by atoms with E-state index in [0.29, 0.717) is 23.7 Å². The maximum absolute atomic E-state index is 14.2. The lowest BCUT2D eigenvalue weighted by Crippen LogP contribution is -2.44. The van der Waals surface area contributed by atoms with Crippen molar-refractivity contribution in [1.29, 1.82) is 0 Å². The predicted octanol–water partition coefficient (Wildman–Crippen LogP) is 4.06. The molecule has 2 aliphatic carbocycles. The fourth-order valence-corrected chi connectivity index (χ4v) is 3.78. The zero-order valence-corrected chi connectivity index (χ0v) is 15.4. The summed E-state index contributed by atoms with van der Waals surface area (Å²) in [6.45, 7) is -1.27.